The molecule has 7 nitrogen and oxygen atoms in total. The first-order chi connectivity index (χ1) is 7.27. The Bertz CT molecular complexity index is 345. The number of hydrogen-bond acceptors (Lipinski definition) is 6. The average molecular weight is 212 g/mol. The van der Waals surface area contributed by atoms with E-state index in [0.717, 1.165) is 19.4 Å². The second-order valence-corrected chi connectivity index (χ2v) is 3.39. The van der Waals surface area contributed by atoms with Crippen LogP contribution in [0.4, 0.5) is 5.82 Å². The molecule has 3 N–H and O–H groups in total. The second kappa shape index (κ2) is 4.26. The van der Waals surface area contributed by atoms with E-state index < -0.39 is 0 Å². The molecule has 0 aromatic carbocycles. The summed E-state index contributed by atoms with van der Waals surface area (Å²) in [5.41, 5.74) is 5.42. The fourth-order valence-electron chi connectivity index (χ4n) is 1.46. The smallest absolute Gasteiger partial charge is 0.277 e. The molecule has 1 unspecified atom stereocenters. The molecule has 15 heavy (non-hydrogen) atoms. The van der Waals surface area contributed by atoms with Crippen LogP contribution in [0, 0.1) is 0 Å². The summed E-state index contributed by atoms with van der Waals surface area (Å²) in [6, 6.07) is 0.0161. The third-order valence-electron chi connectivity index (χ3n) is 2.22. The monoisotopic (exact) mass is 212 g/mol. The van der Waals surface area contributed by atoms with E-state index in [9.17, 15) is 4.79 Å². The molecule has 1 aliphatic rings. The lowest BCUT2D eigenvalue weighted by atomic mass is 10.1. The highest BCUT2D eigenvalue weighted by Gasteiger charge is 2.21. The van der Waals surface area contributed by atoms with Crippen molar-refractivity contribution < 1.29 is 14.2 Å². The van der Waals surface area contributed by atoms with Gasteiger partial charge in [-0.3, -0.25) is 4.79 Å². The molecule has 0 bridgehead atoms. The predicted molar refractivity (Wildman–Crippen MR) is 50.0 cm³/mol. The van der Waals surface area contributed by atoms with Crippen molar-refractivity contribution in [1.82, 2.24) is 15.6 Å². The number of ether oxygens (including phenoxy) is 1. The molecule has 2 heterocycles. The van der Waals surface area contributed by atoms with E-state index in [2.05, 4.69) is 20.3 Å². The topological polar surface area (TPSA) is 103 Å². The van der Waals surface area contributed by atoms with Crippen molar-refractivity contribution in [3.63, 3.8) is 0 Å². The Morgan fingerprint density at radius 2 is 2.40 bits per heavy atom. The lowest BCUT2D eigenvalue weighted by Gasteiger charge is -2.22. The quantitative estimate of drug-likeness (QED) is 0.688. The van der Waals surface area contributed by atoms with Gasteiger partial charge in [-0.05, 0) is 23.2 Å². The number of anilines is 1. The van der Waals surface area contributed by atoms with Crippen LogP contribution in [-0.4, -0.2) is 35.5 Å². The van der Waals surface area contributed by atoms with Crippen LogP contribution >= 0.6 is 0 Å². The van der Waals surface area contributed by atoms with Gasteiger partial charge in [0.25, 0.3) is 5.91 Å². The second-order valence-electron chi connectivity index (χ2n) is 3.39. The molecule has 1 atom stereocenters. The molecule has 7 heteroatoms. The summed E-state index contributed by atoms with van der Waals surface area (Å²) in [5.74, 6) is -0.367. The maximum Gasteiger partial charge on any atom is 0.277 e. The highest BCUT2D eigenvalue weighted by Crippen LogP contribution is 2.08. The summed E-state index contributed by atoms with van der Waals surface area (Å²) in [5, 5.41) is 9.50. The van der Waals surface area contributed by atoms with E-state index in [4.69, 9.17) is 10.5 Å². The number of carbonyl (C=O) groups is 1. The normalized spacial score (nSPS) is 21.2. The first-order valence-corrected chi connectivity index (χ1v) is 4.74. The van der Waals surface area contributed by atoms with E-state index in [0.29, 0.717) is 6.61 Å². The minimum absolute atomic E-state index is 0.00391. The van der Waals surface area contributed by atoms with Crippen molar-refractivity contribution in [2.45, 2.75) is 18.9 Å². The molecule has 0 aliphatic carbocycles. The largest absolute Gasteiger partial charge is 0.379 e. The van der Waals surface area contributed by atoms with Gasteiger partial charge in [-0.1, -0.05) is 0 Å². The Labute approximate surface area is 85.9 Å². The van der Waals surface area contributed by atoms with Crippen molar-refractivity contribution in [2.24, 2.45) is 0 Å². The van der Waals surface area contributed by atoms with Gasteiger partial charge in [0.15, 0.2) is 0 Å². The van der Waals surface area contributed by atoms with Gasteiger partial charge in [0, 0.05) is 6.61 Å². The maximum absolute atomic E-state index is 11.6. The number of carbonyl (C=O) groups excluding carboxylic acids is 1. The number of nitrogens with one attached hydrogen (secondary N) is 1. The number of nitrogens with zero attached hydrogens (tertiary/aromatic N) is 2. The van der Waals surface area contributed by atoms with Crippen LogP contribution in [0.3, 0.4) is 0 Å². The zero-order chi connectivity index (χ0) is 10.7. The lowest BCUT2D eigenvalue weighted by Crippen LogP contribution is -2.40. The van der Waals surface area contributed by atoms with Gasteiger partial charge < -0.3 is 15.8 Å². The highest BCUT2D eigenvalue weighted by molar-refractivity contribution is 5.96. The summed E-state index contributed by atoms with van der Waals surface area (Å²) in [6.45, 7) is 1.27. The Kier molecular flexibility index (Phi) is 2.82. The van der Waals surface area contributed by atoms with Crippen molar-refractivity contribution in [1.29, 1.82) is 0 Å². The van der Waals surface area contributed by atoms with E-state index in [-0.39, 0.29) is 23.5 Å². The van der Waals surface area contributed by atoms with E-state index in [1.54, 1.807) is 0 Å². The van der Waals surface area contributed by atoms with Crippen LogP contribution in [0.15, 0.2) is 4.63 Å². The van der Waals surface area contributed by atoms with Crippen LogP contribution in [0.5, 0.6) is 0 Å². The fraction of sp³-hybridized carbons (Fsp3) is 0.625. The van der Waals surface area contributed by atoms with Gasteiger partial charge in [-0.15, -0.1) is 0 Å². The summed E-state index contributed by atoms with van der Waals surface area (Å²) < 4.78 is 9.56. The van der Waals surface area contributed by atoms with E-state index in [1.165, 1.54) is 0 Å². The minimum atomic E-state index is -0.371. The van der Waals surface area contributed by atoms with Crippen LogP contribution in [0.25, 0.3) is 0 Å². The van der Waals surface area contributed by atoms with Crippen molar-refractivity contribution in [3.05, 3.63) is 5.69 Å². The number of aromatic nitrogens is 2. The Morgan fingerprint density at radius 1 is 1.53 bits per heavy atom. The van der Waals surface area contributed by atoms with Gasteiger partial charge in [0.05, 0.1) is 12.6 Å². The van der Waals surface area contributed by atoms with Gasteiger partial charge in [-0.25, -0.2) is 4.63 Å². The molecular weight excluding hydrogens is 200 g/mol. The maximum atomic E-state index is 11.6. The zero-order valence-corrected chi connectivity index (χ0v) is 8.10. The SMILES string of the molecule is Nc1nonc1C(=O)NC1CCCOC1. The van der Waals surface area contributed by atoms with E-state index >= 15 is 0 Å². The number of rotatable bonds is 2. The standard InChI is InChI=1S/C8H12N4O3/c9-7-6(11-15-12-7)8(13)10-5-2-1-3-14-4-5/h5H,1-4H2,(H2,9,12)(H,10,13). The molecule has 0 spiro atoms. The highest BCUT2D eigenvalue weighted by atomic mass is 16.6. The molecule has 0 radical (unpaired) electrons. The number of nitrogens with two attached hydrogens (primary N) is 1. The average Bonchev–Trinajstić information content (AvgIpc) is 2.66. The summed E-state index contributed by atoms with van der Waals surface area (Å²) >= 11 is 0. The van der Waals surface area contributed by atoms with Gasteiger partial charge in [-0.2, -0.15) is 0 Å². The number of nitrogen functional groups attached to an aromatic ring is 1. The number of hydrogen-bond donors (Lipinski definition) is 2. The Balaban J connectivity index is 1.94. The van der Waals surface area contributed by atoms with Crippen LogP contribution in [-0.2, 0) is 4.74 Å². The lowest BCUT2D eigenvalue weighted by molar-refractivity contribution is 0.0620. The third kappa shape index (κ3) is 2.24. The fourth-order valence-corrected chi connectivity index (χ4v) is 1.46. The molecule has 1 fully saturated rings. The molecule has 0 saturated carbocycles. The summed E-state index contributed by atoms with van der Waals surface area (Å²) in [7, 11) is 0. The molecular formula is C8H12N4O3. The Morgan fingerprint density at radius 3 is 3.00 bits per heavy atom. The zero-order valence-electron chi connectivity index (χ0n) is 8.10. The van der Waals surface area contributed by atoms with E-state index in [1.807, 2.05) is 0 Å². The molecule has 1 aliphatic heterocycles. The van der Waals surface area contributed by atoms with Gasteiger partial charge >= 0.3 is 0 Å². The van der Waals surface area contributed by atoms with Gasteiger partial charge in [0.2, 0.25) is 11.5 Å². The van der Waals surface area contributed by atoms with Crippen LogP contribution < -0.4 is 11.1 Å². The predicted octanol–water partition coefficient (Wildman–Crippen LogP) is -0.439. The molecule has 1 saturated heterocycles. The van der Waals surface area contributed by atoms with Crippen molar-refractivity contribution in [3.8, 4) is 0 Å². The molecule has 1 amide bonds. The first-order valence-electron chi connectivity index (χ1n) is 4.74. The molecule has 1 aromatic rings. The number of amides is 1. The molecule has 2 rings (SSSR count). The van der Waals surface area contributed by atoms with Crippen LogP contribution in [0.1, 0.15) is 23.3 Å². The molecule has 82 valence electrons. The Hall–Kier alpha value is -1.63. The minimum Gasteiger partial charge on any atom is -0.379 e. The summed E-state index contributed by atoms with van der Waals surface area (Å²) in [4.78, 5) is 11.6. The van der Waals surface area contributed by atoms with Gasteiger partial charge in [0.1, 0.15) is 0 Å². The third-order valence-corrected chi connectivity index (χ3v) is 2.22. The van der Waals surface area contributed by atoms with Crippen molar-refractivity contribution >= 4 is 11.7 Å². The molecule has 1 aromatic heterocycles. The summed E-state index contributed by atoms with van der Waals surface area (Å²) in [6.07, 6.45) is 1.84. The van der Waals surface area contributed by atoms with Crippen molar-refractivity contribution in [2.75, 3.05) is 18.9 Å². The van der Waals surface area contributed by atoms with Crippen LogP contribution in [0.2, 0.25) is 0 Å². The first kappa shape index (κ1) is 9.91.